The normalized spacial score (nSPS) is 17.0. The van der Waals surface area contributed by atoms with Crippen molar-refractivity contribution in [1.29, 1.82) is 0 Å². The van der Waals surface area contributed by atoms with Crippen molar-refractivity contribution >= 4 is 10.0 Å². The molecule has 0 spiro atoms. The predicted octanol–water partition coefficient (Wildman–Crippen LogP) is 2.20. The monoisotopic (exact) mass is 359 g/mol. The topological polar surface area (TPSA) is 97.2 Å². The summed E-state index contributed by atoms with van der Waals surface area (Å²) in [7, 11) is -3.71. The largest absolute Gasteiger partial charge is 0.493 e. The molecule has 3 aromatic rings. The Morgan fingerprint density at radius 1 is 1.20 bits per heavy atom. The van der Waals surface area contributed by atoms with E-state index in [1.165, 1.54) is 6.07 Å². The zero-order valence-corrected chi connectivity index (χ0v) is 14.1. The van der Waals surface area contributed by atoms with Crippen LogP contribution in [0.1, 0.15) is 5.56 Å². The first-order valence-corrected chi connectivity index (χ1v) is 9.40. The molecule has 1 atom stereocenters. The highest BCUT2D eigenvalue weighted by Gasteiger charge is 2.24. The lowest BCUT2D eigenvalue weighted by molar-refractivity contribution is 0.223. The average Bonchev–Trinajstić information content (AvgIpc) is 3.31. The van der Waals surface area contributed by atoms with Crippen molar-refractivity contribution in [2.24, 2.45) is 5.92 Å². The first-order chi connectivity index (χ1) is 12.1. The van der Waals surface area contributed by atoms with Crippen LogP contribution in [-0.4, -0.2) is 31.8 Å². The molecule has 1 aliphatic heterocycles. The highest BCUT2D eigenvalue weighted by molar-refractivity contribution is 7.89. The Labute approximate surface area is 145 Å². The molecule has 0 saturated heterocycles. The molecule has 3 heterocycles. The lowest BCUT2D eigenvalue weighted by Crippen LogP contribution is -2.34. The highest BCUT2D eigenvalue weighted by Crippen LogP contribution is 2.27. The molecule has 2 N–H and O–H groups in total. The summed E-state index contributed by atoms with van der Waals surface area (Å²) in [5.41, 5.74) is 1.72. The quantitative estimate of drug-likeness (QED) is 0.728. The van der Waals surface area contributed by atoms with Gasteiger partial charge in [0, 0.05) is 18.7 Å². The summed E-state index contributed by atoms with van der Waals surface area (Å²) < 4.78 is 38.6. The molecular formula is C17H17N3O4S. The van der Waals surface area contributed by atoms with Gasteiger partial charge in [-0.25, -0.2) is 13.1 Å². The lowest BCUT2D eigenvalue weighted by Gasteiger charge is -2.25. The third-order valence-electron chi connectivity index (χ3n) is 4.13. The molecule has 130 valence electrons. The van der Waals surface area contributed by atoms with E-state index >= 15 is 0 Å². The third-order valence-corrected chi connectivity index (χ3v) is 5.43. The van der Waals surface area contributed by atoms with Crippen LogP contribution in [0.2, 0.25) is 0 Å². The molecule has 4 rings (SSSR count). The maximum Gasteiger partial charge on any atom is 0.273 e. The number of hydrogen-bond donors (Lipinski definition) is 2. The fourth-order valence-corrected chi connectivity index (χ4v) is 3.87. The number of para-hydroxylation sites is 1. The zero-order chi connectivity index (χ0) is 17.3. The van der Waals surface area contributed by atoms with Gasteiger partial charge in [-0.15, -0.1) is 0 Å². The molecule has 0 bridgehead atoms. The molecule has 25 heavy (non-hydrogen) atoms. The number of H-pyrrole nitrogens is 1. The molecule has 0 unspecified atom stereocenters. The van der Waals surface area contributed by atoms with Crippen molar-refractivity contribution in [3.8, 4) is 17.2 Å². The number of benzene rings is 1. The first-order valence-electron chi connectivity index (χ1n) is 7.92. The van der Waals surface area contributed by atoms with Crippen molar-refractivity contribution in [2.75, 3.05) is 13.2 Å². The Morgan fingerprint density at radius 3 is 2.92 bits per heavy atom. The second-order valence-corrected chi connectivity index (χ2v) is 7.63. The number of hydrogen-bond acceptors (Lipinski definition) is 5. The number of aromatic amines is 1. The van der Waals surface area contributed by atoms with Gasteiger partial charge >= 0.3 is 0 Å². The van der Waals surface area contributed by atoms with E-state index in [0.29, 0.717) is 18.1 Å². The van der Waals surface area contributed by atoms with Gasteiger partial charge in [0.25, 0.3) is 10.0 Å². The van der Waals surface area contributed by atoms with E-state index in [2.05, 4.69) is 14.9 Å². The molecule has 0 aliphatic carbocycles. The van der Waals surface area contributed by atoms with Crippen molar-refractivity contribution in [3.05, 3.63) is 54.2 Å². The Morgan fingerprint density at radius 2 is 2.08 bits per heavy atom. The van der Waals surface area contributed by atoms with E-state index in [4.69, 9.17) is 9.15 Å². The molecule has 2 aromatic heterocycles. The average molecular weight is 359 g/mol. The zero-order valence-electron chi connectivity index (χ0n) is 13.3. The van der Waals surface area contributed by atoms with Crippen molar-refractivity contribution in [1.82, 2.24) is 14.9 Å². The fraction of sp³-hybridized carbons (Fsp3) is 0.235. The number of ether oxygens (including phenoxy) is 1. The molecule has 7 nitrogen and oxygen atoms in total. The summed E-state index contributed by atoms with van der Waals surface area (Å²) in [6, 6.07) is 12.5. The van der Waals surface area contributed by atoms with Gasteiger partial charge in [0.05, 0.1) is 6.61 Å². The van der Waals surface area contributed by atoms with Gasteiger partial charge in [0.15, 0.2) is 5.76 Å². The van der Waals surface area contributed by atoms with E-state index in [0.717, 1.165) is 17.7 Å². The van der Waals surface area contributed by atoms with Crippen LogP contribution in [0.5, 0.6) is 5.75 Å². The van der Waals surface area contributed by atoms with Gasteiger partial charge < -0.3 is 9.15 Å². The van der Waals surface area contributed by atoms with Gasteiger partial charge in [0.2, 0.25) is 5.09 Å². The molecule has 0 amide bonds. The number of nitrogens with zero attached hydrogens (tertiary/aromatic N) is 1. The predicted molar refractivity (Wildman–Crippen MR) is 90.6 cm³/mol. The smallest absolute Gasteiger partial charge is 0.273 e. The number of fused-ring (bicyclic) bond motifs is 1. The molecule has 1 aromatic carbocycles. The van der Waals surface area contributed by atoms with Crippen LogP contribution in [0.4, 0.5) is 0 Å². The van der Waals surface area contributed by atoms with Crippen LogP contribution in [0.3, 0.4) is 0 Å². The van der Waals surface area contributed by atoms with E-state index in [1.54, 1.807) is 18.3 Å². The number of rotatable bonds is 5. The maximum absolute atomic E-state index is 12.4. The minimum atomic E-state index is -3.71. The van der Waals surface area contributed by atoms with Crippen LogP contribution < -0.4 is 9.46 Å². The number of aromatic nitrogens is 2. The van der Waals surface area contributed by atoms with E-state index in [9.17, 15) is 8.42 Å². The summed E-state index contributed by atoms with van der Waals surface area (Å²) in [6.07, 6.45) is 2.35. The van der Waals surface area contributed by atoms with E-state index in [-0.39, 0.29) is 17.6 Å². The van der Waals surface area contributed by atoms with Crippen molar-refractivity contribution in [3.63, 3.8) is 0 Å². The second-order valence-electron chi connectivity index (χ2n) is 5.93. The Balaban J connectivity index is 1.42. The second kappa shape index (κ2) is 6.38. The fourth-order valence-electron chi connectivity index (χ4n) is 2.82. The minimum absolute atomic E-state index is 0.0757. The number of sulfonamides is 1. The van der Waals surface area contributed by atoms with Gasteiger partial charge in [0.1, 0.15) is 11.4 Å². The Bertz CT molecular complexity index is 963. The van der Waals surface area contributed by atoms with Crippen LogP contribution in [0.15, 0.2) is 58.2 Å². The summed E-state index contributed by atoms with van der Waals surface area (Å²) >= 11 is 0. The SMILES string of the molecule is O=S(=O)(NC[C@H]1COc2ccccc2C1)c1ccc(-c2ccn[nH]2)o1. The summed E-state index contributed by atoms with van der Waals surface area (Å²) in [5, 5.41) is 6.44. The third kappa shape index (κ3) is 3.31. The van der Waals surface area contributed by atoms with Gasteiger partial charge in [-0.05, 0) is 36.2 Å². The lowest BCUT2D eigenvalue weighted by atomic mass is 9.97. The van der Waals surface area contributed by atoms with Crippen LogP contribution >= 0.6 is 0 Å². The molecule has 8 heteroatoms. The first kappa shape index (κ1) is 15.9. The van der Waals surface area contributed by atoms with Crippen molar-refractivity contribution < 1.29 is 17.6 Å². The standard InChI is InChI=1S/C17H17N3O4S/c21-25(22,17-6-5-16(24-17)14-7-8-18-20-14)19-10-12-9-13-3-1-2-4-15(13)23-11-12/h1-8,12,19H,9-11H2,(H,18,20)/t12-/m0/s1. The van der Waals surface area contributed by atoms with E-state index < -0.39 is 10.0 Å². The van der Waals surface area contributed by atoms with Gasteiger partial charge in [-0.3, -0.25) is 5.10 Å². The molecule has 1 aliphatic rings. The summed E-state index contributed by atoms with van der Waals surface area (Å²) in [6.45, 7) is 0.772. The van der Waals surface area contributed by atoms with Crippen molar-refractivity contribution in [2.45, 2.75) is 11.5 Å². The summed E-state index contributed by atoms with van der Waals surface area (Å²) in [4.78, 5) is 0. The maximum atomic E-state index is 12.4. The van der Waals surface area contributed by atoms with Gasteiger partial charge in [-0.1, -0.05) is 18.2 Å². The van der Waals surface area contributed by atoms with Crippen LogP contribution in [-0.2, 0) is 16.4 Å². The Hall–Kier alpha value is -2.58. The molecule has 0 fully saturated rings. The van der Waals surface area contributed by atoms with Gasteiger partial charge in [-0.2, -0.15) is 5.10 Å². The van der Waals surface area contributed by atoms with E-state index in [1.807, 2.05) is 24.3 Å². The summed E-state index contributed by atoms with van der Waals surface area (Å²) in [5.74, 6) is 1.37. The minimum Gasteiger partial charge on any atom is -0.493 e. The molecule has 0 saturated carbocycles. The number of furan rings is 1. The number of nitrogens with one attached hydrogen (secondary N) is 2. The highest BCUT2D eigenvalue weighted by atomic mass is 32.2. The van der Waals surface area contributed by atoms with Crippen LogP contribution in [0.25, 0.3) is 11.5 Å². The Kier molecular flexibility index (Phi) is 4.06. The molecular weight excluding hydrogens is 342 g/mol. The van der Waals surface area contributed by atoms with Crippen LogP contribution in [0, 0.1) is 5.92 Å². The molecule has 0 radical (unpaired) electrons.